The lowest BCUT2D eigenvalue weighted by Gasteiger charge is -2.19. The molecule has 28 heavy (non-hydrogen) atoms. The van der Waals surface area contributed by atoms with Crippen LogP contribution in [0, 0.1) is 0 Å². The standard InChI is InChI=1S/C20H17N3O4S/c1-23-17-11-10-15(13-18(17)27-20(23)24)28(25,26)22-19(14-7-3-2-4-8-14)16-9-5-6-12-21-16/h2-13,19,22H,1H3/t19-/m0/s1. The summed E-state index contributed by atoms with van der Waals surface area (Å²) in [5, 5.41) is 0. The molecule has 0 fully saturated rings. The maximum atomic E-state index is 13.1. The van der Waals surface area contributed by atoms with Crippen molar-refractivity contribution in [3.05, 3.63) is 94.7 Å². The fourth-order valence-electron chi connectivity index (χ4n) is 3.00. The minimum absolute atomic E-state index is 0.00575. The van der Waals surface area contributed by atoms with Gasteiger partial charge in [0.05, 0.1) is 22.1 Å². The number of hydrogen-bond donors (Lipinski definition) is 1. The molecule has 0 unspecified atom stereocenters. The van der Waals surface area contributed by atoms with Crippen LogP contribution in [0.2, 0.25) is 0 Å². The number of aryl methyl sites for hydroxylation is 1. The molecule has 2 heterocycles. The number of nitrogens with one attached hydrogen (secondary N) is 1. The van der Waals surface area contributed by atoms with Gasteiger partial charge in [-0.25, -0.2) is 13.2 Å². The Balaban J connectivity index is 1.76. The van der Waals surface area contributed by atoms with Gasteiger partial charge in [0.2, 0.25) is 10.0 Å². The second-order valence-electron chi connectivity index (χ2n) is 6.28. The molecule has 8 heteroatoms. The highest BCUT2D eigenvalue weighted by atomic mass is 32.2. The largest absolute Gasteiger partial charge is 0.419 e. The van der Waals surface area contributed by atoms with E-state index in [-0.39, 0.29) is 10.5 Å². The molecule has 0 aliphatic heterocycles. The van der Waals surface area contributed by atoms with Crippen molar-refractivity contribution < 1.29 is 12.8 Å². The summed E-state index contributed by atoms with van der Waals surface area (Å²) in [7, 11) is -2.35. The Morgan fingerprint density at radius 1 is 1.04 bits per heavy atom. The topological polar surface area (TPSA) is 94.2 Å². The Morgan fingerprint density at radius 3 is 2.50 bits per heavy atom. The van der Waals surface area contributed by atoms with E-state index in [0.29, 0.717) is 11.2 Å². The fraction of sp³-hybridized carbons (Fsp3) is 0.100. The van der Waals surface area contributed by atoms with Crippen LogP contribution in [-0.2, 0) is 17.1 Å². The average Bonchev–Trinajstić information content (AvgIpc) is 3.01. The Labute approximate surface area is 161 Å². The van der Waals surface area contributed by atoms with Gasteiger partial charge >= 0.3 is 5.76 Å². The first-order valence-electron chi connectivity index (χ1n) is 8.53. The molecule has 0 saturated heterocycles. The highest BCUT2D eigenvalue weighted by molar-refractivity contribution is 7.89. The zero-order chi connectivity index (χ0) is 19.7. The number of hydrogen-bond acceptors (Lipinski definition) is 5. The minimum atomic E-state index is -3.91. The highest BCUT2D eigenvalue weighted by Crippen LogP contribution is 2.24. The summed E-state index contributed by atoms with van der Waals surface area (Å²) in [4.78, 5) is 16.0. The molecule has 0 bridgehead atoms. The van der Waals surface area contributed by atoms with Crippen molar-refractivity contribution in [2.24, 2.45) is 7.05 Å². The van der Waals surface area contributed by atoms with Gasteiger partial charge in [0.25, 0.3) is 0 Å². The lowest BCUT2D eigenvalue weighted by molar-refractivity contribution is 0.527. The maximum absolute atomic E-state index is 13.1. The van der Waals surface area contributed by atoms with E-state index < -0.39 is 21.8 Å². The third-order valence-corrected chi connectivity index (χ3v) is 5.88. The summed E-state index contributed by atoms with van der Waals surface area (Å²) >= 11 is 0. The number of oxazole rings is 1. The molecule has 4 aromatic rings. The van der Waals surface area contributed by atoms with Gasteiger partial charge in [-0.1, -0.05) is 36.4 Å². The van der Waals surface area contributed by atoms with E-state index in [1.54, 1.807) is 37.5 Å². The number of pyridine rings is 1. The third-order valence-electron chi connectivity index (χ3n) is 4.46. The van der Waals surface area contributed by atoms with Gasteiger partial charge in [0.1, 0.15) is 0 Å². The molecule has 2 aromatic carbocycles. The van der Waals surface area contributed by atoms with E-state index >= 15 is 0 Å². The summed E-state index contributed by atoms with van der Waals surface area (Å²) in [5.41, 5.74) is 2.07. The maximum Gasteiger partial charge on any atom is 0.419 e. The van der Waals surface area contributed by atoms with Gasteiger partial charge in [-0.2, -0.15) is 4.72 Å². The Hall–Kier alpha value is -3.23. The molecular formula is C20H17N3O4S. The van der Waals surface area contributed by atoms with Crippen molar-refractivity contribution in [1.82, 2.24) is 14.3 Å². The molecule has 142 valence electrons. The summed E-state index contributed by atoms with van der Waals surface area (Å²) in [6.07, 6.45) is 1.62. The van der Waals surface area contributed by atoms with Crippen LogP contribution in [0.5, 0.6) is 0 Å². The number of aromatic nitrogens is 2. The van der Waals surface area contributed by atoms with Crippen LogP contribution in [0.4, 0.5) is 0 Å². The monoisotopic (exact) mass is 395 g/mol. The van der Waals surface area contributed by atoms with Crippen LogP contribution in [0.3, 0.4) is 0 Å². The first-order valence-corrected chi connectivity index (χ1v) is 10.0. The van der Waals surface area contributed by atoms with Crippen molar-refractivity contribution in [3.63, 3.8) is 0 Å². The van der Waals surface area contributed by atoms with Crippen LogP contribution in [0.1, 0.15) is 17.3 Å². The van der Waals surface area contributed by atoms with E-state index in [9.17, 15) is 13.2 Å². The molecular weight excluding hydrogens is 378 g/mol. The Bertz CT molecular complexity index is 1240. The molecule has 1 N–H and O–H groups in total. The van der Waals surface area contributed by atoms with E-state index in [1.165, 1.54) is 16.7 Å². The number of sulfonamides is 1. The third kappa shape index (κ3) is 3.35. The molecule has 0 aliphatic carbocycles. The number of benzene rings is 2. The zero-order valence-corrected chi connectivity index (χ0v) is 15.8. The number of rotatable bonds is 5. The molecule has 0 saturated carbocycles. The predicted molar refractivity (Wildman–Crippen MR) is 104 cm³/mol. The average molecular weight is 395 g/mol. The van der Waals surface area contributed by atoms with Crippen molar-refractivity contribution in [2.45, 2.75) is 10.9 Å². The molecule has 0 aliphatic rings. The van der Waals surface area contributed by atoms with Gasteiger partial charge in [-0.15, -0.1) is 0 Å². The Morgan fingerprint density at radius 2 is 1.79 bits per heavy atom. The second kappa shape index (κ2) is 7.06. The smallest absolute Gasteiger partial charge is 0.408 e. The van der Waals surface area contributed by atoms with Gasteiger partial charge in [0, 0.05) is 19.3 Å². The quantitative estimate of drug-likeness (QED) is 0.561. The minimum Gasteiger partial charge on any atom is -0.408 e. The fourth-order valence-corrected chi connectivity index (χ4v) is 4.21. The van der Waals surface area contributed by atoms with E-state index in [4.69, 9.17) is 4.42 Å². The molecule has 4 rings (SSSR count). The predicted octanol–water partition coefficient (Wildman–Crippen LogP) is 2.59. The lowest BCUT2D eigenvalue weighted by Crippen LogP contribution is -2.30. The van der Waals surface area contributed by atoms with Gasteiger partial charge in [-0.3, -0.25) is 9.55 Å². The molecule has 1 atom stereocenters. The summed E-state index contributed by atoms with van der Waals surface area (Å²) in [6.45, 7) is 0. The van der Waals surface area contributed by atoms with Crippen LogP contribution < -0.4 is 10.5 Å². The number of nitrogens with zero attached hydrogens (tertiary/aromatic N) is 2. The highest BCUT2D eigenvalue weighted by Gasteiger charge is 2.24. The summed E-state index contributed by atoms with van der Waals surface area (Å²) in [6, 6.07) is 18.2. The van der Waals surface area contributed by atoms with Crippen molar-refractivity contribution in [1.29, 1.82) is 0 Å². The van der Waals surface area contributed by atoms with Crippen molar-refractivity contribution in [2.75, 3.05) is 0 Å². The normalized spacial score (nSPS) is 12.9. The van der Waals surface area contributed by atoms with Gasteiger partial charge in [0.15, 0.2) is 5.58 Å². The van der Waals surface area contributed by atoms with E-state index in [0.717, 1.165) is 5.56 Å². The molecule has 2 aromatic heterocycles. The first-order chi connectivity index (χ1) is 13.5. The SMILES string of the molecule is Cn1c(=O)oc2cc(S(=O)(=O)N[C@@H](c3ccccc3)c3ccccn3)ccc21. The summed E-state index contributed by atoms with van der Waals surface area (Å²) < 4.78 is 35.3. The first kappa shape index (κ1) is 18.1. The van der Waals surface area contributed by atoms with Crippen LogP contribution in [0.15, 0.2) is 87.0 Å². The van der Waals surface area contributed by atoms with E-state index in [2.05, 4.69) is 9.71 Å². The van der Waals surface area contributed by atoms with Crippen molar-refractivity contribution in [3.8, 4) is 0 Å². The van der Waals surface area contributed by atoms with Crippen molar-refractivity contribution >= 4 is 21.1 Å². The van der Waals surface area contributed by atoms with Gasteiger partial charge in [-0.05, 0) is 29.8 Å². The number of fused-ring (bicyclic) bond motifs is 1. The summed E-state index contributed by atoms with van der Waals surface area (Å²) in [5.74, 6) is -0.548. The second-order valence-corrected chi connectivity index (χ2v) is 7.99. The Kier molecular flexibility index (Phi) is 4.58. The lowest BCUT2D eigenvalue weighted by atomic mass is 10.0. The molecule has 0 spiro atoms. The zero-order valence-electron chi connectivity index (χ0n) is 14.9. The van der Waals surface area contributed by atoms with Crippen LogP contribution >= 0.6 is 0 Å². The molecule has 0 amide bonds. The molecule has 0 radical (unpaired) electrons. The molecule has 7 nitrogen and oxygen atoms in total. The van der Waals surface area contributed by atoms with Crippen LogP contribution in [-0.4, -0.2) is 18.0 Å². The van der Waals surface area contributed by atoms with E-state index in [1.807, 2.05) is 30.3 Å². The van der Waals surface area contributed by atoms with Crippen LogP contribution in [0.25, 0.3) is 11.1 Å². The van der Waals surface area contributed by atoms with Gasteiger partial charge < -0.3 is 4.42 Å².